The largest absolute Gasteiger partial charge is 0.496 e. The van der Waals surface area contributed by atoms with Crippen LogP contribution in [0.3, 0.4) is 0 Å². The van der Waals surface area contributed by atoms with Crippen LogP contribution in [0.4, 0.5) is 5.69 Å². The molecule has 8 heteroatoms. The van der Waals surface area contributed by atoms with Crippen LogP contribution in [-0.4, -0.2) is 63.2 Å². The zero-order valence-corrected chi connectivity index (χ0v) is 20.5. The molecule has 1 aromatic carbocycles. The zero-order valence-electron chi connectivity index (χ0n) is 18.9. The second-order valence-corrected chi connectivity index (χ2v) is 10.1. The molecule has 4 aliphatic rings. The van der Waals surface area contributed by atoms with E-state index in [0.29, 0.717) is 24.7 Å². The van der Waals surface area contributed by atoms with Crippen LogP contribution >= 0.6 is 15.9 Å². The molecule has 3 saturated heterocycles. The highest BCUT2D eigenvalue weighted by Gasteiger charge is 2.70. The average molecular weight is 507 g/mol. The predicted octanol–water partition coefficient (Wildman–Crippen LogP) is 3.67. The minimum atomic E-state index is -0.757. The van der Waals surface area contributed by atoms with Crippen molar-refractivity contribution in [3.05, 3.63) is 34.3 Å². The van der Waals surface area contributed by atoms with Gasteiger partial charge in [-0.1, -0.05) is 35.9 Å². The number of methoxy groups -OCH3 is 2. The fourth-order valence-electron chi connectivity index (χ4n) is 6.56. The van der Waals surface area contributed by atoms with Gasteiger partial charge in [-0.3, -0.25) is 4.90 Å². The van der Waals surface area contributed by atoms with E-state index in [1.165, 1.54) is 7.11 Å². The van der Waals surface area contributed by atoms with Gasteiger partial charge in [0.05, 0.1) is 39.0 Å². The van der Waals surface area contributed by atoms with E-state index in [0.717, 1.165) is 53.8 Å². The molecule has 5 atom stereocenters. The molecule has 0 radical (unpaired) electrons. The van der Waals surface area contributed by atoms with Crippen molar-refractivity contribution in [2.45, 2.75) is 43.6 Å². The molecule has 32 heavy (non-hydrogen) atoms. The van der Waals surface area contributed by atoms with Crippen molar-refractivity contribution in [2.75, 3.05) is 45.8 Å². The Hall–Kier alpha value is -1.61. The van der Waals surface area contributed by atoms with Crippen LogP contribution in [-0.2, 0) is 24.6 Å². The Morgan fingerprint density at radius 1 is 1.34 bits per heavy atom. The number of esters is 1. The van der Waals surface area contributed by atoms with E-state index in [1.54, 1.807) is 7.11 Å². The molecule has 174 valence electrons. The van der Waals surface area contributed by atoms with Crippen LogP contribution in [0.1, 0.15) is 31.7 Å². The second kappa shape index (κ2) is 8.01. The monoisotopic (exact) mass is 506 g/mol. The lowest BCUT2D eigenvalue weighted by Crippen LogP contribution is -2.75. The van der Waals surface area contributed by atoms with Gasteiger partial charge in [-0.2, -0.15) is 0 Å². The van der Waals surface area contributed by atoms with E-state index in [1.807, 2.05) is 6.07 Å². The Bertz CT molecular complexity index is 955. The molecule has 0 aromatic heterocycles. The van der Waals surface area contributed by atoms with Gasteiger partial charge in [0.1, 0.15) is 11.4 Å². The number of anilines is 1. The fraction of sp³-hybridized carbons (Fsp3) is 0.625. The first-order chi connectivity index (χ1) is 15.4. The summed E-state index contributed by atoms with van der Waals surface area (Å²) in [5, 5.41) is 3.75. The third kappa shape index (κ3) is 2.92. The van der Waals surface area contributed by atoms with E-state index in [2.05, 4.69) is 45.7 Å². The summed E-state index contributed by atoms with van der Waals surface area (Å²) in [6.45, 7) is 9.15. The maximum absolute atomic E-state index is 12.4. The third-order valence-electron chi connectivity index (χ3n) is 7.97. The maximum atomic E-state index is 12.4. The van der Waals surface area contributed by atoms with E-state index in [4.69, 9.17) is 18.9 Å². The average Bonchev–Trinajstić information content (AvgIpc) is 3.12. The normalized spacial score (nSPS) is 35.6. The van der Waals surface area contributed by atoms with Crippen molar-refractivity contribution in [1.82, 2.24) is 4.90 Å². The van der Waals surface area contributed by atoms with E-state index in [-0.39, 0.29) is 17.9 Å². The van der Waals surface area contributed by atoms with Crippen molar-refractivity contribution in [3.63, 3.8) is 0 Å². The van der Waals surface area contributed by atoms with E-state index < -0.39 is 11.3 Å². The number of piperidine rings is 2. The lowest BCUT2D eigenvalue weighted by Gasteiger charge is -2.61. The summed E-state index contributed by atoms with van der Waals surface area (Å²) < 4.78 is 25.1. The molecule has 1 aromatic rings. The SMILES string of the molecule is C=C(C(=O)OC)[C@H]1C[C@@H]2N(CC[C@@]34OCCO[C@@]23Nc2cc(Br)cc(OC)c24)C[C@H]1CC. The lowest BCUT2D eigenvalue weighted by atomic mass is 9.67. The summed E-state index contributed by atoms with van der Waals surface area (Å²) in [7, 11) is 3.12. The summed E-state index contributed by atoms with van der Waals surface area (Å²) in [6.07, 6.45) is 2.54. The molecule has 0 amide bonds. The number of nitrogens with one attached hydrogen (secondary N) is 1. The van der Waals surface area contributed by atoms with Crippen LogP contribution in [0.25, 0.3) is 0 Å². The number of rotatable bonds is 4. The Labute approximate surface area is 197 Å². The zero-order chi connectivity index (χ0) is 22.7. The molecule has 1 N–H and O–H groups in total. The predicted molar refractivity (Wildman–Crippen MR) is 124 cm³/mol. The molecule has 0 unspecified atom stereocenters. The first-order valence-electron chi connectivity index (χ1n) is 11.4. The number of carbonyl (C=O) groups excluding carboxylic acids is 1. The minimum absolute atomic E-state index is 0.0154. The number of nitrogens with zero attached hydrogens (tertiary/aromatic N) is 1. The number of ether oxygens (including phenoxy) is 4. The fourth-order valence-corrected chi connectivity index (χ4v) is 7.00. The van der Waals surface area contributed by atoms with Gasteiger partial charge in [0.25, 0.3) is 0 Å². The lowest BCUT2D eigenvalue weighted by molar-refractivity contribution is -0.297. The van der Waals surface area contributed by atoms with Gasteiger partial charge < -0.3 is 24.3 Å². The molecular weight excluding hydrogens is 476 g/mol. The second-order valence-electron chi connectivity index (χ2n) is 9.20. The van der Waals surface area contributed by atoms with Crippen LogP contribution in [0.5, 0.6) is 5.75 Å². The van der Waals surface area contributed by atoms with Gasteiger partial charge in [-0.25, -0.2) is 4.79 Å². The standard InChI is InChI=1S/C24H31BrN2O5/c1-5-15-13-27-7-6-23-21-18(10-16(25)11-19(21)29-3)26-24(23,32-9-8-31-23)20(27)12-17(15)14(2)22(28)30-4/h10-11,15,17,20,26H,2,5-9,12-13H2,1,3-4H3/t15-,17-,20+,23+,24+/m1/s1. The van der Waals surface area contributed by atoms with Crippen LogP contribution < -0.4 is 10.1 Å². The summed E-state index contributed by atoms with van der Waals surface area (Å²) in [5.74, 6) is 0.846. The first-order valence-corrected chi connectivity index (χ1v) is 12.1. The third-order valence-corrected chi connectivity index (χ3v) is 8.43. The molecule has 4 heterocycles. The summed E-state index contributed by atoms with van der Waals surface area (Å²) in [4.78, 5) is 14.9. The molecule has 0 spiro atoms. The maximum Gasteiger partial charge on any atom is 0.333 e. The highest BCUT2D eigenvalue weighted by Crippen LogP contribution is 2.62. The highest BCUT2D eigenvalue weighted by atomic mass is 79.9. The molecule has 0 saturated carbocycles. The number of carbonyl (C=O) groups is 1. The van der Waals surface area contributed by atoms with E-state index in [9.17, 15) is 4.79 Å². The van der Waals surface area contributed by atoms with Gasteiger partial charge >= 0.3 is 5.97 Å². The van der Waals surface area contributed by atoms with Crippen molar-refractivity contribution in [2.24, 2.45) is 11.8 Å². The molecule has 0 aliphatic carbocycles. The van der Waals surface area contributed by atoms with Crippen LogP contribution in [0, 0.1) is 11.8 Å². The Morgan fingerprint density at radius 2 is 2.12 bits per heavy atom. The summed E-state index contributed by atoms with van der Waals surface area (Å²) >= 11 is 3.61. The molecule has 5 rings (SSSR count). The molecular formula is C24H31BrN2O5. The van der Waals surface area contributed by atoms with Crippen molar-refractivity contribution < 1.29 is 23.7 Å². The number of hydrogen-bond acceptors (Lipinski definition) is 7. The van der Waals surface area contributed by atoms with E-state index >= 15 is 0 Å². The van der Waals surface area contributed by atoms with Gasteiger partial charge in [0.2, 0.25) is 0 Å². The Morgan fingerprint density at radius 3 is 2.84 bits per heavy atom. The minimum Gasteiger partial charge on any atom is -0.496 e. The molecule has 7 nitrogen and oxygen atoms in total. The Balaban J connectivity index is 1.60. The van der Waals surface area contributed by atoms with Crippen molar-refractivity contribution in [1.29, 1.82) is 0 Å². The summed E-state index contributed by atoms with van der Waals surface area (Å²) in [5.41, 5.74) is 1.15. The van der Waals surface area contributed by atoms with Gasteiger partial charge in [0.15, 0.2) is 5.72 Å². The highest BCUT2D eigenvalue weighted by molar-refractivity contribution is 9.10. The smallest absolute Gasteiger partial charge is 0.333 e. The van der Waals surface area contributed by atoms with Crippen LogP contribution in [0.2, 0.25) is 0 Å². The van der Waals surface area contributed by atoms with Crippen molar-refractivity contribution in [3.8, 4) is 5.75 Å². The quantitative estimate of drug-likeness (QED) is 0.493. The van der Waals surface area contributed by atoms with Crippen molar-refractivity contribution >= 4 is 27.6 Å². The molecule has 0 bridgehead atoms. The van der Waals surface area contributed by atoms with Gasteiger partial charge in [-0.05, 0) is 36.8 Å². The van der Waals surface area contributed by atoms with Gasteiger partial charge in [-0.15, -0.1) is 0 Å². The number of fused-ring (bicyclic) bond motifs is 2. The molecule has 4 aliphatic heterocycles. The Kier molecular flexibility index (Phi) is 5.55. The number of benzene rings is 1. The van der Waals surface area contributed by atoms with Gasteiger partial charge in [0, 0.05) is 28.8 Å². The molecule has 3 fully saturated rings. The van der Waals surface area contributed by atoms with Crippen LogP contribution in [0.15, 0.2) is 28.8 Å². The first kappa shape index (κ1) is 22.2. The topological polar surface area (TPSA) is 69.3 Å². The number of hydrogen-bond donors (Lipinski definition) is 1. The summed E-state index contributed by atoms with van der Waals surface area (Å²) in [6, 6.07) is 4.08. The number of halogens is 1.